The van der Waals surface area contributed by atoms with Crippen molar-refractivity contribution in [2.45, 2.75) is 76.0 Å². The van der Waals surface area contributed by atoms with Crippen molar-refractivity contribution in [2.24, 2.45) is 11.8 Å². The molecule has 1 aliphatic carbocycles. The van der Waals surface area contributed by atoms with Crippen molar-refractivity contribution < 1.29 is 44.2 Å². The summed E-state index contributed by atoms with van der Waals surface area (Å²) in [4.78, 5) is 23.6. The topological polar surface area (TPSA) is 143 Å². The van der Waals surface area contributed by atoms with Crippen molar-refractivity contribution >= 4 is 12.3 Å². The van der Waals surface area contributed by atoms with Gasteiger partial charge in [-0.25, -0.2) is 0 Å². The zero-order valence-electron chi connectivity index (χ0n) is 17.1. The molecule has 9 atom stereocenters. The lowest BCUT2D eigenvalue weighted by Crippen LogP contribution is -2.59. The van der Waals surface area contributed by atoms with E-state index in [1.165, 1.54) is 0 Å². The molecule has 168 valence electrons. The zero-order valence-corrected chi connectivity index (χ0v) is 17.1. The van der Waals surface area contributed by atoms with E-state index in [4.69, 9.17) is 14.2 Å². The van der Waals surface area contributed by atoms with Gasteiger partial charge in [-0.3, -0.25) is 9.59 Å². The predicted molar refractivity (Wildman–Crippen MR) is 103 cm³/mol. The molecule has 30 heavy (non-hydrogen) atoms. The van der Waals surface area contributed by atoms with Crippen LogP contribution in [0.15, 0.2) is 23.3 Å². The molecule has 0 amide bonds. The van der Waals surface area contributed by atoms with Gasteiger partial charge in [0.2, 0.25) is 0 Å². The van der Waals surface area contributed by atoms with Gasteiger partial charge in [-0.1, -0.05) is 13.0 Å². The second-order valence-electron chi connectivity index (χ2n) is 8.26. The zero-order chi connectivity index (χ0) is 22.0. The summed E-state index contributed by atoms with van der Waals surface area (Å²) in [6.07, 6.45) is -2.23. The highest BCUT2D eigenvalue weighted by Gasteiger charge is 2.45. The lowest BCUT2D eigenvalue weighted by Gasteiger charge is -2.41. The first-order chi connectivity index (χ1) is 14.3. The Labute approximate surface area is 174 Å². The summed E-state index contributed by atoms with van der Waals surface area (Å²) in [5.41, 5.74) is 1.30. The predicted octanol–water partition coefficient (Wildman–Crippen LogP) is -0.395. The van der Waals surface area contributed by atoms with Crippen LogP contribution >= 0.6 is 0 Å². The van der Waals surface area contributed by atoms with Crippen LogP contribution in [0.2, 0.25) is 0 Å². The number of aliphatic hydroxyl groups excluding tert-OH is 4. The average molecular weight is 426 g/mol. The van der Waals surface area contributed by atoms with Crippen LogP contribution in [0.1, 0.15) is 33.1 Å². The number of ether oxygens (including phenoxy) is 3. The maximum absolute atomic E-state index is 12.1. The highest BCUT2D eigenvalue weighted by Crippen LogP contribution is 2.36. The lowest BCUT2D eigenvalue weighted by atomic mass is 9.84. The van der Waals surface area contributed by atoms with Gasteiger partial charge in [0.15, 0.2) is 6.29 Å². The van der Waals surface area contributed by atoms with Crippen molar-refractivity contribution in [3.8, 4) is 0 Å². The maximum Gasteiger partial charge on any atom is 0.309 e. The van der Waals surface area contributed by atoms with E-state index < -0.39 is 49.5 Å². The smallest absolute Gasteiger partial charge is 0.309 e. The van der Waals surface area contributed by atoms with Gasteiger partial charge in [-0.05, 0) is 43.4 Å². The van der Waals surface area contributed by atoms with E-state index in [2.05, 4.69) is 0 Å². The molecular formula is C21H30O9. The Morgan fingerprint density at radius 1 is 1.23 bits per heavy atom. The molecule has 2 heterocycles. The highest BCUT2D eigenvalue weighted by atomic mass is 16.7. The summed E-state index contributed by atoms with van der Waals surface area (Å²) in [7, 11) is 0. The summed E-state index contributed by atoms with van der Waals surface area (Å²) < 4.78 is 16.9. The van der Waals surface area contributed by atoms with Gasteiger partial charge in [-0.15, -0.1) is 0 Å². The number of rotatable bonds is 4. The molecule has 9 nitrogen and oxygen atoms in total. The van der Waals surface area contributed by atoms with Crippen LogP contribution in [-0.4, -0.2) is 82.2 Å². The lowest BCUT2D eigenvalue weighted by molar-refractivity contribution is -0.308. The molecule has 4 N–H and O–H groups in total. The number of fused-ring (bicyclic) bond motifs is 1. The largest absolute Gasteiger partial charge is 0.458 e. The fraction of sp³-hybridized carbons (Fsp3) is 0.714. The number of aliphatic hydroxyl groups is 4. The Balaban J connectivity index is 1.85. The average Bonchev–Trinajstić information content (AvgIpc) is 2.99. The van der Waals surface area contributed by atoms with Crippen LogP contribution in [0, 0.1) is 11.8 Å². The molecule has 2 aliphatic heterocycles. The standard InChI is InChI=1S/C21H30O9/c1-10-7-15-13(11(2)20(27)28-15)5-3-12(8-22)4-6-14(10)29-21-19(26)18(25)17(24)16(9-23)30-21/h4,7-8,11,13-19,21,23-26H,3,5-6,9H2,1-2H3/b10-7+,12-4+/t11-,13-,14-,15+,16+,17+,18-,19+,21+/m0/s1. The minimum Gasteiger partial charge on any atom is -0.458 e. The van der Waals surface area contributed by atoms with E-state index in [0.717, 1.165) is 6.29 Å². The van der Waals surface area contributed by atoms with E-state index in [-0.39, 0.29) is 17.8 Å². The third kappa shape index (κ3) is 4.66. The van der Waals surface area contributed by atoms with E-state index in [1.807, 2.05) is 13.0 Å². The molecule has 0 radical (unpaired) electrons. The van der Waals surface area contributed by atoms with Crippen molar-refractivity contribution in [2.75, 3.05) is 6.61 Å². The summed E-state index contributed by atoms with van der Waals surface area (Å²) in [5, 5.41) is 39.6. The number of hydrogen-bond donors (Lipinski definition) is 4. The van der Waals surface area contributed by atoms with Crippen LogP contribution in [0.25, 0.3) is 0 Å². The minimum absolute atomic E-state index is 0.0678. The van der Waals surface area contributed by atoms with E-state index in [9.17, 15) is 30.0 Å². The molecule has 0 spiro atoms. The number of hydrogen-bond acceptors (Lipinski definition) is 9. The second-order valence-corrected chi connectivity index (χ2v) is 8.26. The number of carbonyl (C=O) groups excluding carboxylic acids is 2. The van der Waals surface area contributed by atoms with Crippen molar-refractivity contribution in [1.82, 2.24) is 0 Å². The van der Waals surface area contributed by atoms with Gasteiger partial charge in [0, 0.05) is 5.92 Å². The van der Waals surface area contributed by atoms with Crippen LogP contribution < -0.4 is 0 Å². The minimum atomic E-state index is -1.55. The molecule has 0 unspecified atom stereocenters. The van der Waals surface area contributed by atoms with E-state index >= 15 is 0 Å². The number of aldehydes is 1. The molecule has 0 aromatic carbocycles. The molecule has 0 saturated carbocycles. The first-order valence-corrected chi connectivity index (χ1v) is 10.3. The molecule has 2 fully saturated rings. The van der Waals surface area contributed by atoms with E-state index in [1.54, 1.807) is 13.0 Å². The molecule has 0 bridgehead atoms. The van der Waals surface area contributed by atoms with Gasteiger partial charge in [-0.2, -0.15) is 0 Å². The van der Waals surface area contributed by atoms with Crippen molar-refractivity contribution in [3.63, 3.8) is 0 Å². The summed E-state index contributed by atoms with van der Waals surface area (Å²) in [6, 6.07) is 0. The Morgan fingerprint density at radius 2 is 1.97 bits per heavy atom. The monoisotopic (exact) mass is 426 g/mol. The van der Waals surface area contributed by atoms with Crippen LogP contribution in [0.4, 0.5) is 0 Å². The third-order valence-electron chi connectivity index (χ3n) is 6.28. The van der Waals surface area contributed by atoms with Gasteiger partial charge < -0.3 is 34.6 Å². The van der Waals surface area contributed by atoms with Gasteiger partial charge in [0.05, 0.1) is 18.6 Å². The molecular weight excluding hydrogens is 396 g/mol. The molecule has 3 aliphatic rings. The Kier molecular flexibility index (Phi) is 7.43. The molecule has 0 aromatic rings. The molecule has 3 rings (SSSR count). The highest BCUT2D eigenvalue weighted by molar-refractivity contribution is 5.75. The fourth-order valence-electron chi connectivity index (χ4n) is 4.22. The van der Waals surface area contributed by atoms with Crippen LogP contribution in [0.3, 0.4) is 0 Å². The SMILES string of the molecule is C/C1=C\[C@H]2OC(=O)[C@@H](C)[C@@H]2CC/C(C=O)=C\C[C@@H]1O[C@@H]1O[C@H](CO)[C@@H](O)[C@H](O)[C@H]1O. The molecule has 9 heteroatoms. The van der Waals surface area contributed by atoms with Crippen LogP contribution in [-0.2, 0) is 23.8 Å². The Bertz CT molecular complexity index is 701. The quantitative estimate of drug-likeness (QED) is 0.268. The second kappa shape index (κ2) is 9.67. The summed E-state index contributed by atoms with van der Waals surface area (Å²) >= 11 is 0. The van der Waals surface area contributed by atoms with Gasteiger partial charge >= 0.3 is 5.97 Å². The van der Waals surface area contributed by atoms with Gasteiger partial charge in [0.25, 0.3) is 0 Å². The summed E-state index contributed by atoms with van der Waals surface area (Å²) in [5.74, 6) is -0.630. The number of carbonyl (C=O) groups is 2. The fourth-order valence-corrected chi connectivity index (χ4v) is 4.22. The van der Waals surface area contributed by atoms with Crippen molar-refractivity contribution in [3.05, 3.63) is 23.3 Å². The first-order valence-electron chi connectivity index (χ1n) is 10.3. The Hall–Kier alpha value is -1.62. The number of esters is 1. The third-order valence-corrected chi connectivity index (χ3v) is 6.28. The van der Waals surface area contributed by atoms with E-state index in [0.29, 0.717) is 30.4 Å². The summed E-state index contributed by atoms with van der Waals surface area (Å²) in [6.45, 7) is 3.05. The first kappa shape index (κ1) is 23.1. The van der Waals surface area contributed by atoms with Crippen LogP contribution in [0.5, 0.6) is 0 Å². The molecule has 0 aromatic heterocycles. The molecule has 2 saturated heterocycles. The maximum atomic E-state index is 12.1. The normalized spacial score (nSPS) is 46.1. The van der Waals surface area contributed by atoms with Gasteiger partial charge in [0.1, 0.15) is 36.8 Å². The Morgan fingerprint density at radius 3 is 2.63 bits per heavy atom. The van der Waals surface area contributed by atoms with Crippen molar-refractivity contribution in [1.29, 1.82) is 0 Å². The number of allylic oxidation sites excluding steroid dienone is 1.